The van der Waals surface area contributed by atoms with Crippen molar-refractivity contribution in [1.29, 1.82) is 5.26 Å². The third-order valence-corrected chi connectivity index (χ3v) is 2.37. The molecule has 0 saturated carbocycles. The zero-order valence-corrected chi connectivity index (χ0v) is 9.05. The number of rotatable bonds is 3. The van der Waals surface area contributed by atoms with Crippen LogP contribution < -0.4 is 0 Å². The van der Waals surface area contributed by atoms with Crippen molar-refractivity contribution in [2.75, 3.05) is 0 Å². The van der Waals surface area contributed by atoms with Gasteiger partial charge >= 0.3 is 0 Å². The predicted molar refractivity (Wildman–Crippen MR) is 54.6 cm³/mol. The Bertz CT molecular complexity index is 465. The van der Waals surface area contributed by atoms with Crippen molar-refractivity contribution in [2.24, 2.45) is 0 Å². The second kappa shape index (κ2) is 4.40. The van der Waals surface area contributed by atoms with Crippen LogP contribution in [0.2, 0.25) is 0 Å². The monoisotopic (exact) mass is 223 g/mol. The van der Waals surface area contributed by atoms with Gasteiger partial charge in [0, 0.05) is 18.1 Å². The molecule has 0 saturated heterocycles. The molecule has 1 aromatic carbocycles. The smallest absolute Gasteiger partial charge is 0.131 e. The van der Waals surface area contributed by atoms with Crippen LogP contribution in [0, 0.1) is 23.0 Å². The maximum absolute atomic E-state index is 13.5. The van der Waals surface area contributed by atoms with Crippen molar-refractivity contribution in [1.82, 2.24) is 0 Å². The van der Waals surface area contributed by atoms with E-state index in [4.69, 9.17) is 5.26 Å². The summed E-state index contributed by atoms with van der Waals surface area (Å²) in [6, 6.07) is 4.90. The molecule has 0 fully saturated rings. The van der Waals surface area contributed by atoms with E-state index in [0.29, 0.717) is 6.07 Å². The zero-order valence-electron chi connectivity index (χ0n) is 9.05. The highest BCUT2D eigenvalue weighted by Gasteiger charge is 2.31. The molecular weight excluding hydrogens is 212 g/mol. The number of benzene rings is 1. The van der Waals surface area contributed by atoms with E-state index in [1.54, 1.807) is 0 Å². The van der Waals surface area contributed by atoms with E-state index >= 15 is 0 Å². The summed E-state index contributed by atoms with van der Waals surface area (Å²) in [5, 5.41) is 9.02. The third kappa shape index (κ3) is 2.43. The summed E-state index contributed by atoms with van der Waals surface area (Å²) in [7, 11) is 0. The fourth-order valence-corrected chi connectivity index (χ4v) is 1.63. The van der Waals surface area contributed by atoms with Crippen molar-refractivity contribution < 1.29 is 13.6 Å². The number of carbonyl (C=O) groups is 1. The summed E-state index contributed by atoms with van der Waals surface area (Å²) in [6.07, 6.45) is -0.0912. The first-order valence-corrected chi connectivity index (χ1v) is 4.75. The van der Waals surface area contributed by atoms with E-state index in [2.05, 4.69) is 0 Å². The second-order valence-corrected chi connectivity index (χ2v) is 3.95. The second-order valence-electron chi connectivity index (χ2n) is 3.95. The van der Waals surface area contributed by atoms with E-state index in [1.807, 2.05) is 6.07 Å². The molecule has 0 aromatic heterocycles. The topological polar surface area (TPSA) is 40.9 Å². The highest BCUT2D eigenvalue weighted by Crippen LogP contribution is 2.29. The molecule has 0 aliphatic heterocycles. The van der Waals surface area contributed by atoms with Crippen molar-refractivity contribution in [3.8, 4) is 6.07 Å². The van der Waals surface area contributed by atoms with Gasteiger partial charge in [-0.2, -0.15) is 5.26 Å². The summed E-state index contributed by atoms with van der Waals surface area (Å²) in [4.78, 5) is 11.0. The molecule has 0 aliphatic carbocycles. The first-order chi connectivity index (χ1) is 7.39. The first-order valence-electron chi connectivity index (χ1n) is 4.75. The molecular formula is C12H11F2NO. The molecule has 0 radical (unpaired) electrons. The first kappa shape index (κ1) is 12.3. The van der Waals surface area contributed by atoms with Crippen LogP contribution in [0.25, 0.3) is 0 Å². The molecule has 1 atom stereocenters. The lowest BCUT2D eigenvalue weighted by atomic mass is 9.79. The maximum Gasteiger partial charge on any atom is 0.131 e. The molecule has 0 heterocycles. The lowest BCUT2D eigenvalue weighted by Gasteiger charge is -2.21. The minimum Gasteiger partial charge on any atom is -0.300 e. The van der Waals surface area contributed by atoms with E-state index in [-0.39, 0.29) is 17.8 Å². The average Bonchev–Trinajstić information content (AvgIpc) is 2.16. The van der Waals surface area contributed by atoms with Gasteiger partial charge in [0.2, 0.25) is 0 Å². The molecule has 4 heteroatoms. The van der Waals surface area contributed by atoms with Crippen LogP contribution in [0.4, 0.5) is 8.78 Å². The summed E-state index contributed by atoms with van der Waals surface area (Å²) < 4.78 is 26.2. The van der Waals surface area contributed by atoms with Crippen molar-refractivity contribution in [3.63, 3.8) is 0 Å². The fraction of sp³-hybridized carbons (Fsp3) is 0.333. The average molecular weight is 223 g/mol. The number of hydrogen-bond donors (Lipinski definition) is 0. The highest BCUT2D eigenvalue weighted by molar-refractivity contribution is 5.77. The Kier molecular flexibility index (Phi) is 3.38. The fourth-order valence-electron chi connectivity index (χ4n) is 1.63. The minimum atomic E-state index is -1.25. The number of carbonyl (C=O) groups excluding carboxylic acids is 1. The molecule has 2 nitrogen and oxygen atoms in total. The Morgan fingerprint density at radius 3 is 2.56 bits per heavy atom. The van der Waals surface area contributed by atoms with Gasteiger partial charge in [0.1, 0.15) is 17.4 Å². The number of Topliss-reactive ketones (excluding diaryl/α,β-unsaturated/α-hetero) is 1. The van der Waals surface area contributed by atoms with Gasteiger partial charge in [-0.1, -0.05) is 6.07 Å². The SMILES string of the molecule is CC(=O)CC(C)(C#N)c1ccc(F)cc1F. The molecule has 0 amide bonds. The van der Waals surface area contributed by atoms with Crippen molar-refractivity contribution in [3.05, 3.63) is 35.4 Å². The molecule has 0 aliphatic rings. The summed E-state index contributed by atoms with van der Waals surface area (Å²) in [5.74, 6) is -1.72. The molecule has 0 spiro atoms. The van der Waals surface area contributed by atoms with E-state index in [0.717, 1.165) is 6.07 Å². The Balaban J connectivity index is 3.24. The van der Waals surface area contributed by atoms with Gasteiger partial charge in [-0.05, 0) is 19.9 Å². The van der Waals surface area contributed by atoms with Crippen LogP contribution in [-0.4, -0.2) is 5.78 Å². The highest BCUT2D eigenvalue weighted by atomic mass is 19.1. The van der Waals surface area contributed by atoms with Gasteiger partial charge in [0.25, 0.3) is 0 Å². The van der Waals surface area contributed by atoms with Gasteiger partial charge in [0.15, 0.2) is 0 Å². The van der Waals surface area contributed by atoms with Crippen LogP contribution >= 0.6 is 0 Å². The zero-order chi connectivity index (χ0) is 12.3. The normalized spacial score (nSPS) is 13.9. The van der Waals surface area contributed by atoms with E-state index in [1.165, 1.54) is 19.9 Å². The Hall–Kier alpha value is -1.76. The summed E-state index contributed by atoms with van der Waals surface area (Å²) in [5.41, 5.74) is -1.20. The molecule has 1 rings (SSSR count). The van der Waals surface area contributed by atoms with Crippen LogP contribution in [0.5, 0.6) is 0 Å². The van der Waals surface area contributed by atoms with Crippen LogP contribution in [0.15, 0.2) is 18.2 Å². The summed E-state index contributed by atoms with van der Waals surface area (Å²) in [6.45, 7) is 2.79. The van der Waals surface area contributed by atoms with Gasteiger partial charge in [-0.3, -0.25) is 4.79 Å². The molecule has 0 N–H and O–H groups in total. The van der Waals surface area contributed by atoms with Crippen LogP contribution in [-0.2, 0) is 10.2 Å². The van der Waals surface area contributed by atoms with E-state index < -0.39 is 17.0 Å². The number of nitriles is 1. The molecule has 0 bridgehead atoms. The predicted octanol–water partition coefficient (Wildman–Crippen LogP) is 2.73. The minimum absolute atomic E-state index is 0.0478. The standard InChI is InChI=1S/C12H11F2NO/c1-8(16)6-12(2,7-15)10-4-3-9(13)5-11(10)14/h3-5H,6H2,1-2H3. The third-order valence-electron chi connectivity index (χ3n) is 2.37. The quantitative estimate of drug-likeness (QED) is 0.790. The van der Waals surface area contributed by atoms with Crippen LogP contribution in [0.3, 0.4) is 0 Å². The Morgan fingerprint density at radius 2 is 2.12 bits per heavy atom. The molecule has 1 aromatic rings. The molecule has 1 unspecified atom stereocenters. The maximum atomic E-state index is 13.5. The van der Waals surface area contributed by atoms with Gasteiger partial charge in [-0.15, -0.1) is 0 Å². The molecule has 84 valence electrons. The lowest BCUT2D eigenvalue weighted by molar-refractivity contribution is -0.117. The molecule has 16 heavy (non-hydrogen) atoms. The Morgan fingerprint density at radius 1 is 1.50 bits per heavy atom. The number of nitrogens with zero attached hydrogens (tertiary/aromatic N) is 1. The van der Waals surface area contributed by atoms with Gasteiger partial charge < -0.3 is 0 Å². The van der Waals surface area contributed by atoms with Gasteiger partial charge in [-0.25, -0.2) is 8.78 Å². The number of hydrogen-bond acceptors (Lipinski definition) is 2. The van der Waals surface area contributed by atoms with E-state index in [9.17, 15) is 13.6 Å². The van der Waals surface area contributed by atoms with Crippen LogP contribution in [0.1, 0.15) is 25.8 Å². The lowest BCUT2D eigenvalue weighted by Crippen LogP contribution is -2.24. The number of ketones is 1. The summed E-state index contributed by atoms with van der Waals surface area (Å²) >= 11 is 0. The Labute approximate surface area is 92.5 Å². The van der Waals surface area contributed by atoms with Gasteiger partial charge in [0.05, 0.1) is 11.5 Å². The largest absolute Gasteiger partial charge is 0.300 e. The van der Waals surface area contributed by atoms with Crippen molar-refractivity contribution in [2.45, 2.75) is 25.7 Å². The number of halogens is 2. The van der Waals surface area contributed by atoms with Crippen molar-refractivity contribution >= 4 is 5.78 Å².